The quantitative estimate of drug-likeness (QED) is 0.336. The number of rotatable bonds is 7. The number of hydrogen-bond donors (Lipinski definition) is 0. The Kier molecular flexibility index (Phi) is 8.45. The largest absolute Gasteiger partial charge is 0.496 e. The predicted octanol–water partition coefficient (Wildman–Crippen LogP) is 5.51. The summed E-state index contributed by atoms with van der Waals surface area (Å²) in [7, 11) is -1.51. The maximum atomic E-state index is 14.1. The zero-order chi connectivity index (χ0) is 30.2. The summed E-state index contributed by atoms with van der Waals surface area (Å²) in [5.41, 5.74) is -3.95. The number of hydrogen-bond acceptors (Lipinski definition) is 5. The van der Waals surface area contributed by atoms with E-state index in [2.05, 4.69) is 4.98 Å². The van der Waals surface area contributed by atoms with Gasteiger partial charge in [0.15, 0.2) is 11.6 Å². The summed E-state index contributed by atoms with van der Waals surface area (Å²) in [6.45, 7) is -2.07. The first-order valence-corrected chi connectivity index (χ1v) is 12.3. The van der Waals surface area contributed by atoms with Gasteiger partial charge in [0.1, 0.15) is 12.3 Å². The number of carbonyl (C=O) groups excluding carboxylic acids is 1. The van der Waals surface area contributed by atoms with E-state index in [0.29, 0.717) is 22.5 Å². The number of pyridine rings is 1. The van der Waals surface area contributed by atoms with Gasteiger partial charge in [-0.25, -0.2) is 21.5 Å². The molecule has 7 nitrogen and oxygen atoms in total. The summed E-state index contributed by atoms with van der Waals surface area (Å²) < 4.78 is 141. The molecule has 0 N–H and O–H groups in total. The van der Waals surface area contributed by atoms with E-state index in [1.54, 1.807) is 0 Å². The maximum absolute atomic E-state index is 14.1. The minimum atomic E-state index is -5.18. The normalized spacial score (nSPS) is 12.5. The Labute approximate surface area is 222 Å². The maximum Gasteiger partial charge on any atom is 0.416 e. The van der Waals surface area contributed by atoms with Crippen LogP contribution in [0.2, 0.25) is 0 Å². The summed E-state index contributed by atoms with van der Waals surface area (Å²) in [6, 6.07) is 3.20. The second kappa shape index (κ2) is 11.0. The smallest absolute Gasteiger partial charge is 0.416 e. The van der Waals surface area contributed by atoms with Crippen molar-refractivity contribution in [3.63, 3.8) is 0 Å². The molecule has 1 heterocycles. The van der Waals surface area contributed by atoms with Crippen molar-refractivity contribution in [2.24, 2.45) is 0 Å². The fourth-order valence-electron chi connectivity index (χ4n) is 3.58. The van der Waals surface area contributed by atoms with E-state index in [1.165, 1.54) is 0 Å². The lowest BCUT2D eigenvalue weighted by Crippen LogP contribution is -2.39. The van der Waals surface area contributed by atoms with Crippen molar-refractivity contribution in [2.45, 2.75) is 17.2 Å². The molecule has 0 spiro atoms. The highest BCUT2D eigenvalue weighted by Gasteiger charge is 2.38. The molecule has 3 rings (SSSR count). The molecule has 0 aliphatic carbocycles. The Balaban J connectivity index is 2.32. The Hall–Kier alpha value is -3.79. The van der Waals surface area contributed by atoms with Crippen LogP contribution in [0.5, 0.6) is 5.75 Å². The van der Waals surface area contributed by atoms with Gasteiger partial charge < -0.3 is 4.74 Å². The minimum absolute atomic E-state index is 0.00455. The summed E-state index contributed by atoms with van der Waals surface area (Å²) in [4.78, 5) is 16.1. The van der Waals surface area contributed by atoms with Crippen molar-refractivity contribution < 1.29 is 53.1 Å². The summed E-state index contributed by atoms with van der Waals surface area (Å²) in [6.07, 6.45) is -8.49. The second-order valence-corrected chi connectivity index (χ2v) is 10.5. The number of nitrogens with zero attached hydrogens (tertiary/aromatic N) is 3. The van der Waals surface area contributed by atoms with E-state index in [0.717, 1.165) is 39.7 Å². The van der Waals surface area contributed by atoms with Crippen LogP contribution in [0.1, 0.15) is 15.9 Å². The number of benzene rings is 2. The molecule has 0 aliphatic rings. The van der Waals surface area contributed by atoms with Gasteiger partial charge in [-0.05, 0) is 30.3 Å². The Morgan fingerprint density at radius 1 is 0.950 bits per heavy atom. The Morgan fingerprint density at radius 3 is 2.12 bits per heavy atom. The van der Waals surface area contributed by atoms with Gasteiger partial charge in [-0.1, -0.05) is 0 Å². The first-order valence-electron chi connectivity index (χ1n) is 10.9. The molecule has 3 aromatic rings. The summed E-state index contributed by atoms with van der Waals surface area (Å²) in [5.74, 6) is -4.79. The molecule has 0 radical (unpaired) electrons. The molecule has 0 unspecified atom stereocenters. The lowest BCUT2D eigenvalue weighted by Gasteiger charge is -2.27. The highest BCUT2D eigenvalue weighted by Crippen LogP contribution is 2.40. The SMILES string of the molecule is COc1cc(F)c(F)cc1-c1ccncc1N(CC(F)(F)F)C(=O)c1cc(C(F)(F)F)cc(S(=O)(=O)N(C)C)c1. The molecule has 40 heavy (non-hydrogen) atoms. The number of ether oxygens (including phenoxy) is 1. The third-order valence-corrected chi connectivity index (χ3v) is 7.26. The number of sulfonamides is 1. The summed E-state index contributed by atoms with van der Waals surface area (Å²) in [5, 5.41) is 0. The van der Waals surface area contributed by atoms with Crippen LogP contribution in [0.4, 0.5) is 40.8 Å². The van der Waals surface area contributed by atoms with Crippen molar-refractivity contribution in [1.82, 2.24) is 9.29 Å². The second-order valence-electron chi connectivity index (χ2n) is 8.40. The van der Waals surface area contributed by atoms with E-state index in [9.17, 15) is 48.3 Å². The zero-order valence-corrected chi connectivity index (χ0v) is 21.5. The molecule has 16 heteroatoms. The Morgan fingerprint density at radius 2 is 1.57 bits per heavy atom. The molecule has 1 amide bonds. The van der Waals surface area contributed by atoms with E-state index >= 15 is 0 Å². The number of anilines is 1. The topological polar surface area (TPSA) is 79.8 Å². The van der Waals surface area contributed by atoms with Gasteiger partial charge >= 0.3 is 12.4 Å². The van der Waals surface area contributed by atoms with E-state index in [1.807, 2.05) is 0 Å². The van der Waals surface area contributed by atoms with Crippen LogP contribution in [-0.4, -0.2) is 57.5 Å². The highest BCUT2D eigenvalue weighted by atomic mass is 32.2. The van der Waals surface area contributed by atoms with Gasteiger partial charge in [0.2, 0.25) is 10.0 Å². The standard InChI is InChI=1S/C24H19F8N3O4S/c1-34(2)40(37,38)15-7-13(6-14(8-15)24(30,31)32)22(36)35(12-23(27,28)29)20-11-33-5-4-16(20)17-9-18(25)19(26)10-21(17)39-3/h4-11H,12H2,1-3H3. The Bertz CT molecular complexity index is 1540. The summed E-state index contributed by atoms with van der Waals surface area (Å²) >= 11 is 0. The molecule has 216 valence electrons. The van der Waals surface area contributed by atoms with Gasteiger partial charge in [-0.2, -0.15) is 26.3 Å². The predicted molar refractivity (Wildman–Crippen MR) is 126 cm³/mol. The number of amides is 1. The third kappa shape index (κ3) is 6.50. The lowest BCUT2D eigenvalue weighted by atomic mass is 10.0. The van der Waals surface area contributed by atoms with Crippen LogP contribution in [0.3, 0.4) is 0 Å². The third-order valence-electron chi connectivity index (χ3n) is 5.47. The molecule has 0 bridgehead atoms. The molecular weight excluding hydrogens is 578 g/mol. The number of carbonyl (C=O) groups is 1. The first kappa shape index (κ1) is 30.7. The fourth-order valence-corrected chi connectivity index (χ4v) is 4.56. The van der Waals surface area contributed by atoms with Crippen LogP contribution >= 0.6 is 0 Å². The minimum Gasteiger partial charge on any atom is -0.496 e. The fraction of sp³-hybridized carbons (Fsp3) is 0.250. The van der Waals surface area contributed by atoms with Crippen LogP contribution in [-0.2, 0) is 16.2 Å². The molecule has 0 saturated carbocycles. The lowest BCUT2D eigenvalue weighted by molar-refractivity contribution is -0.137. The molecule has 1 aromatic heterocycles. The zero-order valence-electron chi connectivity index (χ0n) is 20.7. The molecule has 2 aromatic carbocycles. The van der Waals surface area contributed by atoms with Gasteiger partial charge in [0.05, 0.1) is 29.5 Å². The van der Waals surface area contributed by atoms with Gasteiger partial charge in [-0.15, -0.1) is 0 Å². The van der Waals surface area contributed by atoms with Gasteiger partial charge in [0, 0.05) is 43.0 Å². The molecule has 0 fully saturated rings. The number of halogens is 8. The molecule has 0 atom stereocenters. The van der Waals surface area contributed by atoms with Crippen LogP contribution < -0.4 is 9.64 Å². The van der Waals surface area contributed by atoms with Crippen molar-refractivity contribution in [3.05, 3.63) is 71.6 Å². The van der Waals surface area contributed by atoms with Crippen molar-refractivity contribution in [3.8, 4) is 16.9 Å². The average Bonchev–Trinajstić information content (AvgIpc) is 2.86. The van der Waals surface area contributed by atoms with E-state index in [4.69, 9.17) is 4.74 Å². The monoisotopic (exact) mass is 597 g/mol. The van der Waals surface area contributed by atoms with Crippen LogP contribution in [0.25, 0.3) is 11.1 Å². The number of alkyl halides is 6. The number of aromatic nitrogens is 1. The van der Waals surface area contributed by atoms with E-state index in [-0.39, 0.29) is 33.9 Å². The average molecular weight is 597 g/mol. The molecular formula is C24H19F8N3O4S. The molecule has 0 aliphatic heterocycles. The van der Waals surface area contributed by atoms with Crippen molar-refractivity contribution in [1.29, 1.82) is 0 Å². The highest BCUT2D eigenvalue weighted by molar-refractivity contribution is 7.89. The van der Waals surface area contributed by atoms with E-state index < -0.39 is 68.2 Å². The molecule has 0 saturated heterocycles. The van der Waals surface area contributed by atoms with Crippen molar-refractivity contribution >= 4 is 21.6 Å². The van der Waals surface area contributed by atoms with Crippen LogP contribution in [0, 0.1) is 11.6 Å². The van der Waals surface area contributed by atoms with Gasteiger partial charge in [0.25, 0.3) is 5.91 Å². The number of methoxy groups -OCH3 is 1. The van der Waals surface area contributed by atoms with Crippen molar-refractivity contribution in [2.75, 3.05) is 32.6 Å². The van der Waals surface area contributed by atoms with Gasteiger partial charge in [-0.3, -0.25) is 14.7 Å². The first-order chi connectivity index (χ1) is 18.4. The van der Waals surface area contributed by atoms with Crippen LogP contribution in [0.15, 0.2) is 53.7 Å².